The predicted octanol–water partition coefficient (Wildman–Crippen LogP) is 5.98. The summed E-state index contributed by atoms with van der Waals surface area (Å²) in [7, 11) is 0. The molecule has 0 unspecified atom stereocenters. The van der Waals surface area contributed by atoms with E-state index in [1.165, 1.54) is 23.5 Å². The third-order valence-corrected chi connectivity index (χ3v) is 6.94. The number of hydrogen-bond donors (Lipinski definition) is 4. The van der Waals surface area contributed by atoms with Gasteiger partial charge in [-0.05, 0) is 42.0 Å². The summed E-state index contributed by atoms with van der Waals surface area (Å²) in [6, 6.07) is 4.11. The van der Waals surface area contributed by atoms with Gasteiger partial charge in [-0.1, -0.05) is 44.4 Å². The maximum atomic E-state index is 13.8. The number of halogens is 4. The number of terminal acetylenes is 1. The van der Waals surface area contributed by atoms with E-state index in [4.69, 9.17) is 18.0 Å². The zero-order valence-corrected chi connectivity index (χ0v) is 22.4. The van der Waals surface area contributed by atoms with Crippen LogP contribution in [-0.4, -0.2) is 33.5 Å². The molecule has 1 aliphatic carbocycles. The number of alkyl halides is 2. The van der Waals surface area contributed by atoms with Crippen LogP contribution in [0.2, 0.25) is 5.02 Å². The van der Waals surface area contributed by atoms with Crippen molar-refractivity contribution >= 4 is 33.9 Å². The van der Waals surface area contributed by atoms with Crippen molar-refractivity contribution in [2.75, 3.05) is 17.2 Å². The standard InChI is InChI=1S/C28H29ClF3N7/c1-5-16-12-34-25-19(23(16)35-15-27(2,3)4)10-18(11-20(25)29)36-24(17-6-7-22(30)33-13-17)21-14-39(38-37-21)28(8-9-28)26(31)32/h1,6-7,10-14,24,26,36-38H,8-9,15H2,2-4H3,(H,34,35)/t24-/m1/s1/i24D. The summed E-state index contributed by atoms with van der Waals surface area (Å²) in [5.41, 5.74) is 6.80. The lowest BCUT2D eigenvalue weighted by molar-refractivity contribution is 0.00911. The zero-order chi connectivity index (χ0) is 28.9. The molecule has 1 aliphatic heterocycles. The van der Waals surface area contributed by atoms with Gasteiger partial charge in [-0.15, -0.1) is 12.0 Å². The van der Waals surface area contributed by atoms with Crippen LogP contribution in [0.3, 0.4) is 0 Å². The van der Waals surface area contributed by atoms with Gasteiger partial charge in [-0.25, -0.2) is 13.8 Å². The summed E-state index contributed by atoms with van der Waals surface area (Å²) in [6.45, 7) is 6.88. The first-order chi connectivity index (χ1) is 18.9. The van der Waals surface area contributed by atoms with E-state index in [0.29, 0.717) is 52.3 Å². The summed E-state index contributed by atoms with van der Waals surface area (Å²) in [6.07, 6.45) is 8.02. The number of benzene rings is 1. The molecule has 0 radical (unpaired) electrons. The van der Waals surface area contributed by atoms with Crippen molar-refractivity contribution < 1.29 is 14.5 Å². The largest absolute Gasteiger partial charge is 0.383 e. The molecule has 1 fully saturated rings. The second-order valence-electron chi connectivity index (χ2n) is 10.9. The van der Waals surface area contributed by atoms with E-state index in [1.807, 2.05) is 0 Å². The minimum absolute atomic E-state index is 0.0519. The second kappa shape index (κ2) is 10.1. The summed E-state index contributed by atoms with van der Waals surface area (Å²) >= 11 is 6.66. The van der Waals surface area contributed by atoms with Crippen molar-refractivity contribution in [2.45, 2.75) is 51.6 Å². The molecular weight excluding hydrogens is 527 g/mol. The molecule has 5 rings (SSSR count). The fraction of sp³-hybridized carbons (Fsp3) is 0.357. The highest BCUT2D eigenvalue weighted by Crippen LogP contribution is 2.47. The summed E-state index contributed by atoms with van der Waals surface area (Å²) in [4.78, 5) is 8.16. The Morgan fingerprint density at radius 2 is 2.03 bits per heavy atom. The van der Waals surface area contributed by atoms with Crippen LogP contribution < -0.4 is 21.6 Å². The lowest BCUT2D eigenvalue weighted by atomic mass is 9.96. The van der Waals surface area contributed by atoms with Crippen LogP contribution in [0.25, 0.3) is 10.9 Å². The van der Waals surface area contributed by atoms with Gasteiger partial charge in [-0.3, -0.25) is 9.99 Å². The van der Waals surface area contributed by atoms with E-state index in [-0.39, 0.29) is 16.7 Å². The number of pyridine rings is 2. The highest BCUT2D eigenvalue weighted by molar-refractivity contribution is 6.35. The smallest absolute Gasteiger partial charge is 0.262 e. The minimum atomic E-state index is -2.59. The van der Waals surface area contributed by atoms with Crippen molar-refractivity contribution in [3.63, 3.8) is 0 Å². The first kappa shape index (κ1) is 25.6. The molecule has 2 aromatic heterocycles. The number of hydrogen-bond acceptors (Lipinski definition) is 7. The van der Waals surface area contributed by atoms with Gasteiger partial charge in [0.2, 0.25) is 5.95 Å². The molecule has 3 aromatic rings. The second-order valence-corrected chi connectivity index (χ2v) is 11.3. The van der Waals surface area contributed by atoms with Gasteiger partial charge >= 0.3 is 0 Å². The molecule has 3 heterocycles. The topological polar surface area (TPSA) is 77.1 Å². The Labute approximate surface area is 231 Å². The van der Waals surface area contributed by atoms with Gasteiger partial charge < -0.3 is 16.1 Å². The molecule has 1 atom stereocenters. The average Bonchev–Trinajstić information content (AvgIpc) is 3.56. The monoisotopic (exact) mass is 556 g/mol. The van der Waals surface area contributed by atoms with E-state index in [9.17, 15) is 14.5 Å². The number of fused-ring (bicyclic) bond motifs is 1. The minimum Gasteiger partial charge on any atom is -0.383 e. The van der Waals surface area contributed by atoms with Crippen LogP contribution >= 0.6 is 11.6 Å². The fourth-order valence-corrected chi connectivity index (χ4v) is 4.59. The molecule has 7 nitrogen and oxygen atoms in total. The Bertz CT molecular complexity index is 1510. The Balaban J connectivity index is 1.60. The first-order valence-electron chi connectivity index (χ1n) is 12.9. The average molecular weight is 557 g/mol. The summed E-state index contributed by atoms with van der Waals surface area (Å²) in [5, 5.41) is 8.81. The summed E-state index contributed by atoms with van der Waals surface area (Å²) < 4.78 is 50.8. The molecule has 4 N–H and O–H groups in total. The Kier molecular flexibility index (Phi) is 6.65. The highest BCUT2D eigenvalue weighted by atomic mass is 35.5. The van der Waals surface area contributed by atoms with Crippen LogP contribution in [0.1, 0.15) is 52.1 Å². The number of aromatic nitrogens is 2. The van der Waals surface area contributed by atoms with Crippen LogP contribution in [-0.2, 0) is 0 Å². The Morgan fingerprint density at radius 1 is 1.26 bits per heavy atom. The molecule has 204 valence electrons. The van der Waals surface area contributed by atoms with E-state index in [0.717, 1.165) is 6.07 Å². The quantitative estimate of drug-likeness (QED) is 0.201. The SMILES string of the molecule is [2H][C@](Nc1cc(Cl)c2ncc(C#C)c(NCC(C)(C)C)c2c1)(C1=CN(C2(C(F)F)CC2)NN1)c1ccc(F)nc1. The molecule has 1 saturated carbocycles. The lowest BCUT2D eigenvalue weighted by Gasteiger charge is -2.25. The van der Waals surface area contributed by atoms with Gasteiger partial charge in [0, 0.05) is 36.2 Å². The highest BCUT2D eigenvalue weighted by Gasteiger charge is 2.56. The van der Waals surface area contributed by atoms with Crippen LogP contribution in [0.15, 0.2) is 48.6 Å². The molecule has 1 aromatic carbocycles. The fourth-order valence-electron chi connectivity index (χ4n) is 4.32. The Morgan fingerprint density at radius 3 is 2.64 bits per heavy atom. The maximum absolute atomic E-state index is 13.8. The van der Waals surface area contributed by atoms with Crippen molar-refractivity contribution in [3.05, 3.63) is 70.7 Å². The van der Waals surface area contributed by atoms with E-state index in [2.05, 4.69) is 58.3 Å². The normalized spacial score (nSPS) is 18.2. The Hall–Kier alpha value is -3.68. The van der Waals surface area contributed by atoms with Gasteiger partial charge in [0.1, 0.15) is 5.54 Å². The molecule has 0 amide bonds. The number of anilines is 2. The van der Waals surface area contributed by atoms with Crippen LogP contribution in [0.5, 0.6) is 0 Å². The molecule has 11 heteroatoms. The number of rotatable bonds is 8. The van der Waals surface area contributed by atoms with Crippen LogP contribution in [0.4, 0.5) is 24.5 Å². The lowest BCUT2D eigenvalue weighted by Crippen LogP contribution is -2.48. The first-order valence-corrected chi connectivity index (χ1v) is 12.8. The number of nitrogens with zero attached hydrogens (tertiary/aromatic N) is 3. The molecule has 2 aliphatic rings. The molecule has 0 saturated heterocycles. The van der Waals surface area contributed by atoms with E-state index >= 15 is 0 Å². The molecule has 0 bridgehead atoms. The number of nitrogens with one attached hydrogen (secondary N) is 4. The van der Waals surface area contributed by atoms with Crippen molar-refractivity contribution in [1.82, 2.24) is 25.9 Å². The molecule has 0 spiro atoms. The van der Waals surface area contributed by atoms with Crippen molar-refractivity contribution in [1.29, 1.82) is 0 Å². The van der Waals surface area contributed by atoms with Gasteiger partial charge in [0.25, 0.3) is 6.43 Å². The number of hydrazine groups is 2. The third-order valence-electron chi connectivity index (χ3n) is 6.65. The van der Waals surface area contributed by atoms with Crippen molar-refractivity contribution in [3.8, 4) is 12.3 Å². The van der Waals surface area contributed by atoms with Crippen LogP contribution in [0, 0.1) is 23.7 Å². The van der Waals surface area contributed by atoms with E-state index < -0.39 is 23.9 Å². The van der Waals surface area contributed by atoms with Gasteiger partial charge in [-0.2, -0.15) is 4.39 Å². The van der Waals surface area contributed by atoms with Gasteiger partial charge in [0.05, 0.1) is 34.9 Å². The summed E-state index contributed by atoms with van der Waals surface area (Å²) in [5.74, 6) is 1.94. The van der Waals surface area contributed by atoms with Crippen molar-refractivity contribution in [2.24, 2.45) is 5.41 Å². The third kappa shape index (κ3) is 5.42. The molecular formula is C28H29ClF3N7. The van der Waals surface area contributed by atoms with Gasteiger partial charge in [0.15, 0.2) is 0 Å². The molecule has 39 heavy (non-hydrogen) atoms. The van der Waals surface area contributed by atoms with E-state index in [1.54, 1.807) is 18.3 Å². The predicted molar refractivity (Wildman–Crippen MR) is 147 cm³/mol. The zero-order valence-electron chi connectivity index (χ0n) is 22.7. The maximum Gasteiger partial charge on any atom is 0.262 e.